The number of hydrogen-bond donors (Lipinski definition) is 3. The van der Waals surface area contributed by atoms with Crippen LogP contribution in [0, 0.1) is 11.8 Å². The summed E-state index contributed by atoms with van der Waals surface area (Å²) >= 11 is 0. The van der Waals surface area contributed by atoms with Crippen LogP contribution in [-0.4, -0.2) is 12.6 Å². The summed E-state index contributed by atoms with van der Waals surface area (Å²) in [5.41, 5.74) is 2.03. The van der Waals surface area contributed by atoms with E-state index in [0.717, 1.165) is 12.5 Å². The molecule has 0 atom stereocenters. The van der Waals surface area contributed by atoms with Gasteiger partial charge in [0.2, 0.25) is 0 Å². The third kappa shape index (κ3) is 2.38. The summed E-state index contributed by atoms with van der Waals surface area (Å²) in [7, 11) is 0. The predicted octanol–water partition coefficient (Wildman–Crippen LogP) is 0.205. The molecule has 0 aromatic heterocycles. The molecule has 0 bridgehead atoms. The quantitative estimate of drug-likeness (QED) is 0.304. The van der Waals surface area contributed by atoms with Crippen LogP contribution in [0.15, 0.2) is 0 Å². The van der Waals surface area contributed by atoms with Crippen LogP contribution in [0.1, 0.15) is 19.8 Å². The highest BCUT2D eigenvalue weighted by atomic mass is 16.2. The van der Waals surface area contributed by atoms with Crippen LogP contribution in [0.5, 0.6) is 0 Å². The van der Waals surface area contributed by atoms with Crippen LogP contribution in [0.25, 0.3) is 0 Å². The summed E-state index contributed by atoms with van der Waals surface area (Å²) in [4.78, 5) is 10.6. The van der Waals surface area contributed by atoms with Crippen LogP contribution in [-0.2, 0) is 0 Å². The van der Waals surface area contributed by atoms with Gasteiger partial charge < -0.3 is 5.32 Å². The Balaban J connectivity index is 2.00. The summed E-state index contributed by atoms with van der Waals surface area (Å²) < 4.78 is 0. The van der Waals surface area contributed by atoms with Crippen molar-refractivity contribution in [2.75, 3.05) is 6.54 Å². The monoisotopic (exact) mass is 157 g/mol. The lowest BCUT2D eigenvalue weighted by Gasteiger charge is -2.32. The molecule has 0 aromatic carbocycles. The summed E-state index contributed by atoms with van der Waals surface area (Å²) in [5, 5.41) is 2.68. The molecule has 4 heteroatoms. The number of carbonyl (C=O) groups excluding carboxylic acids is 1. The number of amides is 2. The lowest BCUT2D eigenvalue weighted by Crippen LogP contribution is -2.43. The Morgan fingerprint density at radius 2 is 2.27 bits per heavy atom. The van der Waals surface area contributed by atoms with E-state index < -0.39 is 0 Å². The van der Waals surface area contributed by atoms with Crippen LogP contribution in [0.3, 0.4) is 0 Å². The molecule has 64 valence electrons. The standard InChI is InChI=1S/C7H15N3O/c1-5-2-6(3-5)4-9-7(11)10-8/h5-6H,2-4,8H2,1H3,(H2,9,10,11). The Kier molecular flexibility index (Phi) is 2.70. The molecule has 1 saturated carbocycles. The van der Waals surface area contributed by atoms with E-state index in [-0.39, 0.29) is 6.03 Å². The zero-order valence-electron chi connectivity index (χ0n) is 6.76. The lowest BCUT2D eigenvalue weighted by atomic mass is 9.76. The van der Waals surface area contributed by atoms with Crippen molar-refractivity contribution in [3.05, 3.63) is 0 Å². The molecule has 1 rings (SSSR count). The maximum atomic E-state index is 10.6. The van der Waals surface area contributed by atoms with Crippen molar-refractivity contribution in [2.24, 2.45) is 17.7 Å². The zero-order valence-corrected chi connectivity index (χ0v) is 6.76. The van der Waals surface area contributed by atoms with Crippen LogP contribution < -0.4 is 16.6 Å². The molecule has 2 amide bonds. The van der Waals surface area contributed by atoms with Crippen molar-refractivity contribution in [3.63, 3.8) is 0 Å². The minimum absolute atomic E-state index is 0.287. The summed E-state index contributed by atoms with van der Waals surface area (Å²) in [6, 6.07) is -0.287. The normalized spacial score (nSPS) is 28.9. The Bertz CT molecular complexity index is 143. The van der Waals surface area contributed by atoms with Gasteiger partial charge in [-0.2, -0.15) is 0 Å². The van der Waals surface area contributed by atoms with Crippen LogP contribution in [0.4, 0.5) is 4.79 Å². The van der Waals surface area contributed by atoms with E-state index in [1.165, 1.54) is 12.8 Å². The van der Waals surface area contributed by atoms with Gasteiger partial charge in [0.15, 0.2) is 0 Å². The first-order valence-corrected chi connectivity index (χ1v) is 3.96. The fourth-order valence-electron chi connectivity index (χ4n) is 1.52. The molecule has 0 aliphatic heterocycles. The second-order valence-corrected chi connectivity index (χ2v) is 3.30. The third-order valence-electron chi connectivity index (χ3n) is 2.15. The SMILES string of the molecule is CC1CC(CNC(=O)NN)C1. The molecule has 1 aliphatic carbocycles. The fourth-order valence-corrected chi connectivity index (χ4v) is 1.52. The molecule has 4 N–H and O–H groups in total. The molecule has 0 radical (unpaired) electrons. The first-order valence-electron chi connectivity index (χ1n) is 3.96. The van der Waals surface area contributed by atoms with Gasteiger partial charge in [0, 0.05) is 6.54 Å². The topological polar surface area (TPSA) is 67.2 Å². The number of urea groups is 1. The average molecular weight is 157 g/mol. The Morgan fingerprint density at radius 3 is 2.73 bits per heavy atom. The molecule has 0 unspecified atom stereocenters. The van der Waals surface area contributed by atoms with Crippen molar-refractivity contribution < 1.29 is 4.79 Å². The number of nitrogens with one attached hydrogen (secondary N) is 2. The van der Waals surface area contributed by atoms with Crippen molar-refractivity contribution in [3.8, 4) is 0 Å². The predicted molar refractivity (Wildman–Crippen MR) is 42.6 cm³/mol. The van der Waals surface area contributed by atoms with E-state index in [2.05, 4.69) is 12.2 Å². The van der Waals surface area contributed by atoms with Gasteiger partial charge in [-0.05, 0) is 24.7 Å². The molecule has 4 nitrogen and oxygen atoms in total. The first kappa shape index (κ1) is 8.33. The molecule has 0 heterocycles. The second-order valence-electron chi connectivity index (χ2n) is 3.30. The Labute approximate surface area is 66.5 Å². The van der Waals surface area contributed by atoms with Gasteiger partial charge in [0.1, 0.15) is 0 Å². The number of hydrazine groups is 1. The molecule has 0 aromatic rings. The van der Waals surface area contributed by atoms with Gasteiger partial charge in [-0.1, -0.05) is 6.92 Å². The second kappa shape index (κ2) is 3.57. The highest BCUT2D eigenvalue weighted by Crippen LogP contribution is 2.32. The Hall–Kier alpha value is -0.770. The maximum absolute atomic E-state index is 10.6. The number of carbonyl (C=O) groups is 1. The van der Waals surface area contributed by atoms with Crippen LogP contribution >= 0.6 is 0 Å². The molecular formula is C7H15N3O. The fraction of sp³-hybridized carbons (Fsp3) is 0.857. The van der Waals surface area contributed by atoms with E-state index in [4.69, 9.17) is 5.84 Å². The molecule has 0 spiro atoms. The van der Waals surface area contributed by atoms with Crippen molar-refractivity contribution in [1.29, 1.82) is 0 Å². The van der Waals surface area contributed by atoms with Gasteiger partial charge in [-0.25, -0.2) is 10.6 Å². The van der Waals surface area contributed by atoms with E-state index in [1.807, 2.05) is 5.43 Å². The smallest absolute Gasteiger partial charge is 0.328 e. The summed E-state index contributed by atoms with van der Waals surface area (Å²) in [6.45, 7) is 2.98. The van der Waals surface area contributed by atoms with Gasteiger partial charge >= 0.3 is 6.03 Å². The minimum atomic E-state index is -0.287. The van der Waals surface area contributed by atoms with E-state index in [9.17, 15) is 4.79 Å². The summed E-state index contributed by atoms with van der Waals surface area (Å²) in [6.07, 6.45) is 2.45. The van der Waals surface area contributed by atoms with Gasteiger partial charge in [0.05, 0.1) is 0 Å². The lowest BCUT2D eigenvalue weighted by molar-refractivity contribution is 0.200. The van der Waals surface area contributed by atoms with Crippen molar-refractivity contribution in [2.45, 2.75) is 19.8 Å². The van der Waals surface area contributed by atoms with E-state index >= 15 is 0 Å². The Morgan fingerprint density at radius 1 is 1.64 bits per heavy atom. The molecule has 1 fully saturated rings. The highest BCUT2D eigenvalue weighted by molar-refractivity contribution is 5.72. The molecule has 0 saturated heterocycles. The first-order chi connectivity index (χ1) is 5.22. The summed E-state index contributed by atoms with van der Waals surface area (Å²) in [5.74, 6) is 6.39. The molecular weight excluding hydrogens is 142 g/mol. The van der Waals surface area contributed by atoms with Gasteiger partial charge in [-0.3, -0.25) is 5.43 Å². The molecule has 11 heavy (non-hydrogen) atoms. The van der Waals surface area contributed by atoms with E-state index in [1.54, 1.807) is 0 Å². The zero-order chi connectivity index (χ0) is 8.27. The number of hydrogen-bond acceptors (Lipinski definition) is 2. The minimum Gasteiger partial charge on any atom is -0.337 e. The van der Waals surface area contributed by atoms with Crippen molar-refractivity contribution >= 4 is 6.03 Å². The number of nitrogens with two attached hydrogens (primary N) is 1. The van der Waals surface area contributed by atoms with Gasteiger partial charge in [0.25, 0.3) is 0 Å². The third-order valence-corrected chi connectivity index (χ3v) is 2.15. The van der Waals surface area contributed by atoms with E-state index in [0.29, 0.717) is 5.92 Å². The number of rotatable bonds is 2. The molecule has 1 aliphatic rings. The largest absolute Gasteiger partial charge is 0.337 e. The highest BCUT2D eigenvalue weighted by Gasteiger charge is 2.24. The van der Waals surface area contributed by atoms with Crippen molar-refractivity contribution in [1.82, 2.24) is 10.7 Å². The van der Waals surface area contributed by atoms with Crippen LogP contribution in [0.2, 0.25) is 0 Å². The maximum Gasteiger partial charge on any atom is 0.328 e. The van der Waals surface area contributed by atoms with Gasteiger partial charge in [-0.15, -0.1) is 0 Å². The average Bonchev–Trinajstić information content (AvgIpc) is 1.95.